The van der Waals surface area contributed by atoms with Crippen molar-refractivity contribution in [2.24, 2.45) is 0 Å². The van der Waals surface area contributed by atoms with Crippen LogP contribution < -0.4 is 10.1 Å². The second-order valence-electron chi connectivity index (χ2n) is 5.42. The van der Waals surface area contributed by atoms with Crippen LogP contribution in [0.1, 0.15) is 37.9 Å². The fourth-order valence-electron chi connectivity index (χ4n) is 2.54. The van der Waals surface area contributed by atoms with Crippen molar-refractivity contribution in [2.75, 3.05) is 33.4 Å². The number of ether oxygens (including phenoxy) is 3. The number of methoxy groups -OCH3 is 1. The molecule has 0 aliphatic carbocycles. The Morgan fingerprint density at radius 3 is 2.86 bits per heavy atom. The zero-order valence-electron chi connectivity index (χ0n) is 13.1. The maximum absolute atomic E-state index is 6.33. The second kappa shape index (κ2) is 9.03. The smallest absolute Gasteiger partial charge is 0.119 e. The van der Waals surface area contributed by atoms with Gasteiger partial charge in [-0.05, 0) is 43.5 Å². The molecule has 0 amide bonds. The van der Waals surface area contributed by atoms with E-state index in [9.17, 15) is 0 Å². The first-order valence-electron chi connectivity index (χ1n) is 7.91. The normalized spacial score (nSPS) is 17.6. The predicted molar refractivity (Wildman–Crippen MR) is 83.8 cm³/mol. The average molecular weight is 293 g/mol. The molecule has 0 radical (unpaired) electrons. The van der Waals surface area contributed by atoms with Crippen molar-refractivity contribution in [2.45, 2.75) is 38.4 Å². The maximum atomic E-state index is 6.33. The fourth-order valence-corrected chi connectivity index (χ4v) is 2.54. The van der Waals surface area contributed by atoms with Crippen molar-refractivity contribution in [3.63, 3.8) is 0 Å². The van der Waals surface area contributed by atoms with Gasteiger partial charge in [0, 0.05) is 19.8 Å². The van der Waals surface area contributed by atoms with Gasteiger partial charge in [0.1, 0.15) is 5.75 Å². The van der Waals surface area contributed by atoms with Crippen molar-refractivity contribution in [1.82, 2.24) is 5.32 Å². The predicted octanol–water partition coefficient (Wildman–Crippen LogP) is 2.93. The van der Waals surface area contributed by atoms with Gasteiger partial charge in [0.2, 0.25) is 0 Å². The van der Waals surface area contributed by atoms with Gasteiger partial charge in [0.05, 0.1) is 19.3 Å². The molecule has 0 aromatic heterocycles. The monoisotopic (exact) mass is 293 g/mol. The molecule has 118 valence electrons. The second-order valence-corrected chi connectivity index (χ2v) is 5.42. The molecule has 1 fully saturated rings. The van der Waals surface area contributed by atoms with Crippen LogP contribution in [0.25, 0.3) is 0 Å². The summed E-state index contributed by atoms with van der Waals surface area (Å²) in [5.74, 6) is 0.878. The molecular weight excluding hydrogens is 266 g/mol. The molecule has 2 rings (SSSR count). The summed E-state index contributed by atoms with van der Waals surface area (Å²) in [7, 11) is 1.70. The Bertz CT molecular complexity index is 405. The molecular formula is C17H27NO3. The molecule has 0 saturated carbocycles. The van der Waals surface area contributed by atoms with Crippen LogP contribution in [0.2, 0.25) is 0 Å². The van der Waals surface area contributed by atoms with E-state index in [0.29, 0.717) is 6.10 Å². The third kappa shape index (κ3) is 5.30. The molecule has 4 nitrogen and oxygen atoms in total. The standard InChI is InChI=1S/C17H27NO3/c1-3-9-18-13-17(21-15-7-10-20-11-8-15)14-5-4-6-16(12-14)19-2/h4-6,12,15,17-18H,3,7-11,13H2,1-2H3. The van der Waals surface area contributed by atoms with E-state index >= 15 is 0 Å². The van der Waals surface area contributed by atoms with Gasteiger partial charge in [0.15, 0.2) is 0 Å². The largest absolute Gasteiger partial charge is 0.497 e. The molecule has 1 aromatic carbocycles. The molecule has 1 heterocycles. The minimum Gasteiger partial charge on any atom is -0.497 e. The highest BCUT2D eigenvalue weighted by Gasteiger charge is 2.21. The van der Waals surface area contributed by atoms with E-state index < -0.39 is 0 Å². The first kappa shape index (κ1) is 16.3. The SMILES string of the molecule is CCCNCC(OC1CCOCC1)c1cccc(OC)c1. The Hall–Kier alpha value is -1.10. The van der Waals surface area contributed by atoms with E-state index in [4.69, 9.17) is 14.2 Å². The van der Waals surface area contributed by atoms with Gasteiger partial charge in [-0.1, -0.05) is 19.1 Å². The lowest BCUT2D eigenvalue weighted by Gasteiger charge is -2.28. The molecule has 1 aromatic rings. The highest BCUT2D eigenvalue weighted by atomic mass is 16.5. The molecule has 1 aliphatic rings. The van der Waals surface area contributed by atoms with Crippen molar-refractivity contribution >= 4 is 0 Å². The number of hydrogen-bond donors (Lipinski definition) is 1. The lowest BCUT2D eigenvalue weighted by molar-refractivity contribution is -0.0689. The molecule has 1 saturated heterocycles. The van der Waals surface area contributed by atoms with E-state index in [2.05, 4.69) is 24.4 Å². The summed E-state index contributed by atoms with van der Waals surface area (Å²) >= 11 is 0. The van der Waals surface area contributed by atoms with Crippen LogP contribution >= 0.6 is 0 Å². The van der Waals surface area contributed by atoms with Gasteiger partial charge in [-0.3, -0.25) is 0 Å². The lowest BCUT2D eigenvalue weighted by Crippen LogP contribution is -2.30. The Balaban J connectivity index is 2.02. The first-order valence-corrected chi connectivity index (χ1v) is 7.91. The highest BCUT2D eigenvalue weighted by molar-refractivity contribution is 5.30. The van der Waals surface area contributed by atoms with Crippen LogP contribution in [-0.2, 0) is 9.47 Å². The van der Waals surface area contributed by atoms with Crippen LogP contribution in [0.15, 0.2) is 24.3 Å². The van der Waals surface area contributed by atoms with E-state index in [0.717, 1.165) is 51.3 Å². The maximum Gasteiger partial charge on any atom is 0.119 e. The van der Waals surface area contributed by atoms with Crippen LogP contribution in [0.3, 0.4) is 0 Å². The molecule has 1 atom stereocenters. The number of hydrogen-bond acceptors (Lipinski definition) is 4. The zero-order valence-corrected chi connectivity index (χ0v) is 13.1. The fraction of sp³-hybridized carbons (Fsp3) is 0.647. The van der Waals surface area contributed by atoms with Crippen molar-refractivity contribution < 1.29 is 14.2 Å². The lowest BCUT2D eigenvalue weighted by atomic mass is 10.1. The quantitative estimate of drug-likeness (QED) is 0.748. The minimum atomic E-state index is 0.0646. The zero-order chi connectivity index (χ0) is 14.9. The van der Waals surface area contributed by atoms with Crippen LogP contribution in [0.5, 0.6) is 5.75 Å². The molecule has 1 unspecified atom stereocenters. The van der Waals surface area contributed by atoms with E-state index in [1.165, 1.54) is 5.56 Å². The van der Waals surface area contributed by atoms with Crippen LogP contribution in [-0.4, -0.2) is 39.5 Å². The molecule has 0 bridgehead atoms. The van der Waals surface area contributed by atoms with Crippen molar-refractivity contribution in [3.05, 3.63) is 29.8 Å². The van der Waals surface area contributed by atoms with Gasteiger partial charge in [-0.25, -0.2) is 0 Å². The summed E-state index contributed by atoms with van der Waals surface area (Å²) in [6, 6.07) is 8.17. The van der Waals surface area contributed by atoms with Crippen molar-refractivity contribution in [1.29, 1.82) is 0 Å². The van der Waals surface area contributed by atoms with Gasteiger partial charge >= 0.3 is 0 Å². The van der Waals surface area contributed by atoms with Gasteiger partial charge in [0.25, 0.3) is 0 Å². The first-order chi connectivity index (χ1) is 10.3. The minimum absolute atomic E-state index is 0.0646. The molecule has 1 aliphatic heterocycles. The summed E-state index contributed by atoms with van der Waals surface area (Å²) in [6.45, 7) is 5.62. The van der Waals surface area contributed by atoms with E-state index in [1.807, 2.05) is 12.1 Å². The third-order valence-electron chi connectivity index (χ3n) is 3.75. The Morgan fingerprint density at radius 2 is 2.14 bits per heavy atom. The third-order valence-corrected chi connectivity index (χ3v) is 3.75. The average Bonchev–Trinajstić information content (AvgIpc) is 2.55. The topological polar surface area (TPSA) is 39.7 Å². The Kier molecular flexibility index (Phi) is 7.00. The molecule has 4 heteroatoms. The van der Waals surface area contributed by atoms with Gasteiger partial charge in [-0.15, -0.1) is 0 Å². The van der Waals surface area contributed by atoms with Crippen LogP contribution in [0, 0.1) is 0 Å². The number of rotatable bonds is 8. The molecule has 21 heavy (non-hydrogen) atoms. The molecule has 1 N–H and O–H groups in total. The molecule has 0 spiro atoms. The van der Waals surface area contributed by atoms with Gasteiger partial charge < -0.3 is 19.5 Å². The summed E-state index contributed by atoms with van der Waals surface area (Å²) < 4.78 is 17.1. The summed E-state index contributed by atoms with van der Waals surface area (Å²) in [6.07, 6.45) is 3.44. The summed E-state index contributed by atoms with van der Waals surface area (Å²) in [4.78, 5) is 0. The van der Waals surface area contributed by atoms with E-state index in [-0.39, 0.29) is 6.10 Å². The Labute approximate surface area is 127 Å². The summed E-state index contributed by atoms with van der Waals surface area (Å²) in [5.41, 5.74) is 1.17. The Morgan fingerprint density at radius 1 is 1.33 bits per heavy atom. The van der Waals surface area contributed by atoms with Gasteiger partial charge in [-0.2, -0.15) is 0 Å². The highest BCUT2D eigenvalue weighted by Crippen LogP contribution is 2.25. The summed E-state index contributed by atoms with van der Waals surface area (Å²) in [5, 5.41) is 3.46. The number of benzene rings is 1. The van der Waals surface area contributed by atoms with Crippen molar-refractivity contribution in [3.8, 4) is 5.75 Å². The van der Waals surface area contributed by atoms with E-state index in [1.54, 1.807) is 7.11 Å². The van der Waals surface area contributed by atoms with Crippen LogP contribution in [0.4, 0.5) is 0 Å². The number of nitrogens with one attached hydrogen (secondary N) is 1.